The molecule has 0 radical (unpaired) electrons. The van der Waals surface area contributed by atoms with Crippen LogP contribution >= 0.6 is 0 Å². The van der Waals surface area contributed by atoms with Gasteiger partial charge in [-0.3, -0.25) is 0 Å². The summed E-state index contributed by atoms with van der Waals surface area (Å²) >= 11 is 0. The van der Waals surface area contributed by atoms with Gasteiger partial charge in [0.2, 0.25) is 0 Å². The van der Waals surface area contributed by atoms with E-state index in [4.69, 9.17) is 14.2 Å². The first-order valence-corrected chi connectivity index (χ1v) is 20.5. The molecule has 3 nitrogen and oxygen atoms in total. The monoisotopic (exact) mass is 765 g/mol. The van der Waals surface area contributed by atoms with Crippen molar-refractivity contribution < 1.29 is 14.2 Å². The van der Waals surface area contributed by atoms with Gasteiger partial charge in [-0.05, 0) is 92.7 Å². The van der Waals surface area contributed by atoms with Crippen LogP contribution in [0, 0.1) is 11.8 Å². The van der Waals surface area contributed by atoms with E-state index in [0.29, 0.717) is 24.7 Å². The van der Waals surface area contributed by atoms with E-state index in [-0.39, 0.29) is 6.10 Å². The molecule has 56 heavy (non-hydrogen) atoms. The molecule has 5 rings (SSSR count). The summed E-state index contributed by atoms with van der Waals surface area (Å²) in [5, 5.41) is 0. The Labute approximate surface area is 345 Å². The lowest BCUT2D eigenvalue weighted by molar-refractivity contribution is 0.0657. The van der Waals surface area contributed by atoms with Gasteiger partial charge in [-0.15, -0.1) is 0 Å². The molecule has 0 atom stereocenters. The van der Waals surface area contributed by atoms with E-state index in [1.807, 2.05) is 76.2 Å². The van der Waals surface area contributed by atoms with Crippen LogP contribution in [0.3, 0.4) is 0 Å². The molecule has 310 valence electrons. The summed E-state index contributed by atoms with van der Waals surface area (Å²) in [6.07, 6.45) is 1.04. The maximum atomic E-state index is 5.62. The molecule has 0 unspecified atom stereocenters. The Balaban J connectivity index is 0. The van der Waals surface area contributed by atoms with E-state index in [9.17, 15) is 0 Å². The van der Waals surface area contributed by atoms with Crippen LogP contribution < -0.4 is 0 Å². The number of methoxy groups -OCH3 is 2. The Morgan fingerprint density at radius 3 is 0.839 bits per heavy atom. The normalized spacial score (nSPS) is 9.96. The van der Waals surface area contributed by atoms with Crippen molar-refractivity contribution in [3.8, 4) is 22.3 Å². The zero-order valence-corrected chi connectivity index (χ0v) is 38.3. The van der Waals surface area contributed by atoms with Gasteiger partial charge < -0.3 is 14.2 Å². The Kier molecular flexibility index (Phi) is 34.2. The molecular weight excluding hydrogens is 685 g/mol. The standard InChI is InChI=1S/C19H24O.C12H10.C6H6.2C4H10O.2C4H10/c1-14(2)17-9-11-19(12-10-17)18-7-5-16(6-8-18)13-20-15(3)4;1-3-7-11(8-4-1)12-9-5-2-6-10-12;1-2-4-6-5-3-1;2*1-4(2)5-3;2*1-4(2)3/h5-12,14-15H,13H2,1-4H3;1-10H;1-6H;2*4H,1-3H3;2*4H,1-3H3. The van der Waals surface area contributed by atoms with E-state index in [2.05, 4.69) is 166 Å². The molecule has 5 aromatic rings. The minimum absolute atomic E-state index is 0.276. The predicted octanol–water partition coefficient (Wildman–Crippen LogP) is 15.8. The minimum atomic E-state index is 0.276. The second-order valence-corrected chi connectivity index (χ2v) is 15.8. The number of hydrogen-bond acceptors (Lipinski definition) is 3. The number of rotatable bonds is 8. The highest BCUT2D eigenvalue weighted by atomic mass is 16.5. The van der Waals surface area contributed by atoms with Crippen molar-refractivity contribution in [1.82, 2.24) is 0 Å². The molecular formula is C53H80O3. The van der Waals surface area contributed by atoms with Crippen molar-refractivity contribution in [2.24, 2.45) is 11.8 Å². The first kappa shape index (κ1) is 54.1. The Bertz CT molecular complexity index is 1410. The van der Waals surface area contributed by atoms with Gasteiger partial charge in [-0.1, -0.05) is 201 Å². The molecule has 5 aromatic carbocycles. The smallest absolute Gasteiger partial charge is 0.0720 e. The second-order valence-electron chi connectivity index (χ2n) is 15.8. The van der Waals surface area contributed by atoms with Crippen LogP contribution in [-0.2, 0) is 20.8 Å². The van der Waals surface area contributed by atoms with Gasteiger partial charge in [0.25, 0.3) is 0 Å². The minimum Gasteiger partial charge on any atom is -0.382 e. The molecule has 0 heterocycles. The third kappa shape index (κ3) is 34.5. The van der Waals surface area contributed by atoms with Crippen molar-refractivity contribution >= 4 is 0 Å². The average molecular weight is 765 g/mol. The lowest BCUT2D eigenvalue weighted by Gasteiger charge is -2.09. The zero-order chi connectivity index (χ0) is 42.7. The molecule has 0 spiro atoms. The van der Waals surface area contributed by atoms with Gasteiger partial charge in [0.05, 0.1) is 24.9 Å². The van der Waals surface area contributed by atoms with E-state index >= 15 is 0 Å². The number of ether oxygens (including phenoxy) is 3. The van der Waals surface area contributed by atoms with Crippen molar-refractivity contribution in [1.29, 1.82) is 0 Å². The molecule has 0 N–H and O–H groups in total. The topological polar surface area (TPSA) is 27.7 Å². The van der Waals surface area contributed by atoms with E-state index in [0.717, 1.165) is 11.8 Å². The van der Waals surface area contributed by atoms with Crippen molar-refractivity contribution in [2.45, 2.75) is 128 Å². The Hall–Kier alpha value is -4.02. The van der Waals surface area contributed by atoms with Gasteiger partial charge in [-0.2, -0.15) is 0 Å². The first-order valence-electron chi connectivity index (χ1n) is 20.5. The van der Waals surface area contributed by atoms with E-state index in [1.165, 1.54) is 33.4 Å². The van der Waals surface area contributed by atoms with Crippen LogP contribution in [0.4, 0.5) is 0 Å². The third-order valence-corrected chi connectivity index (χ3v) is 6.94. The zero-order valence-electron chi connectivity index (χ0n) is 38.3. The van der Waals surface area contributed by atoms with Crippen LogP contribution in [0.25, 0.3) is 22.3 Å². The summed E-state index contributed by atoms with van der Waals surface area (Å²) in [4.78, 5) is 0. The van der Waals surface area contributed by atoms with Crippen molar-refractivity contribution in [3.63, 3.8) is 0 Å². The summed E-state index contributed by atoms with van der Waals surface area (Å²) in [5.74, 6) is 2.25. The first-order chi connectivity index (χ1) is 26.5. The fourth-order valence-corrected chi connectivity index (χ4v) is 3.76. The summed E-state index contributed by atoms with van der Waals surface area (Å²) in [6, 6.07) is 50.3. The highest BCUT2D eigenvalue weighted by Gasteiger charge is 2.02. The number of hydrogen-bond donors (Lipinski definition) is 0. The molecule has 0 aromatic heterocycles. The van der Waals surface area contributed by atoms with Gasteiger partial charge >= 0.3 is 0 Å². The molecule has 0 aliphatic carbocycles. The van der Waals surface area contributed by atoms with Crippen molar-refractivity contribution in [3.05, 3.63) is 157 Å². The maximum Gasteiger partial charge on any atom is 0.0720 e. The molecule has 0 fully saturated rings. The molecule has 0 saturated heterocycles. The van der Waals surface area contributed by atoms with E-state index < -0.39 is 0 Å². The van der Waals surface area contributed by atoms with Gasteiger partial charge in [-0.25, -0.2) is 0 Å². The van der Waals surface area contributed by atoms with Gasteiger partial charge in [0.1, 0.15) is 0 Å². The third-order valence-electron chi connectivity index (χ3n) is 6.94. The van der Waals surface area contributed by atoms with Gasteiger partial charge in [0.15, 0.2) is 0 Å². The Morgan fingerprint density at radius 1 is 0.339 bits per heavy atom. The van der Waals surface area contributed by atoms with Gasteiger partial charge in [0, 0.05) is 14.2 Å². The lowest BCUT2D eigenvalue weighted by atomic mass is 9.98. The fourth-order valence-electron chi connectivity index (χ4n) is 3.76. The highest BCUT2D eigenvalue weighted by Crippen LogP contribution is 2.23. The molecule has 0 amide bonds. The SMILES string of the molecule is CC(C)C.CC(C)C.CC(C)OCc1ccc(-c2ccc(C(C)C)cc2)cc1.COC(C)C.COC(C)C.c1ccc(-c2ccccc2)cc1.c1ccccc1. The quantitative estimate of drug-likeness (QED) is 0.157. The number of benzene rings is 5. The second kappa shape index (κ2) is 35.4. The lowest BCUT2D eigenvalue weighted by Crippen LogP contribution is -2.01. The maximum absolute atomic E-state index is 5.62. The average Bonchev–Trinajstić information content (AvgIpc) is 3.19. The van der Waals surface area contributed by atoms with Crippen LogP contribution in [0.15, 0.2) is 146 Å². The molecule has 0 aliphatic rings. The highest BCUT2D eigenvalue weighted by molar-refractivity contribution is 5.64. The summed E-state index contributed by atoms with van der Waals surface area (Å²) in [7, 11) is 3.40. The summed E-state index contributed by atoms with van der Waals surface area (Å²) < 4.78 is 15.1. The Morgan fingerprint density at radius 2 is 0.589 bits per heavy atom. The fraction of sp³-hybridized carbons (Fsp3) is 0.434. The van der Waals surface area contributed by atoms with Crippen molar-refractivity contribution in [2.75, 3.05) is 14.2 Å². The van der Waals surface area contributed by atoms with Crippen LogP contribution in [0.5, 0.6) is 0 Å². The summed E-state index contributed by atoms with van der Waals surface area (Å²) in [6.45, 7) is 30.2. The molecule has 0 aliphatic heterocycles. The largest absolute Gasteiger partial charge is 0.382 e. The van der Waals surface area contributed by atoms with Crippen LogP contribution in [-0.4, -0.2) is 32.5 Å². The van der Waals surface area contributed by atoms with Crippen LogP contribution in [0.2, 0.25) is 0 Å². The molecule has 0 saturated carbocycles. The molecule has 3 heteroatoms. The molecule has 0 bridgehead atoms. The van der Waals surface area contributed by atoms with Crippen LogP contribution in [0.1, 0.15) is 114 Å². The van der Waals surface area contributed by atoms with E-state index in [1.54, 1.807) is 14.2 Å². The predicted molar refractivity (Wildman–Crippen MR) is 250 cm³/mol. The summed E-state index contributed by atoms with van der Waals surface area (Å²) in [5.41, 5.74) is 7.69.